The minimum Gasteiger partial charge on any atom is -0.364 e. The second-order valence-corrected chi connectivity index (χ2v) is 3.77. The SMILES string of the molecule is Cc1cc(C(N)=O)nc(C(F)F)c1I. The molecule has 0 saturated carbocycles. The van der Waals surface area contributed by atoms with E-state index in [1.165, 1.54) is 6.07 Å². The minimum atomic E-state index is -2.69. The summed E-state index contributed by atoms with van der Waals surface area (Å²) >= 11 is 1.77. The lowest BCUT2D eigenvalue weighted by Gasteiger charge is -2.07. The third-order valence-corrected chi connectivity index (χ3v) is 3.03. The van der Waals surface area contributed by atoms with Crippen LogP contribution in [0, 0.1) is 10.5 Å². The quantitative estimate of drug-likeness (QED) is 0.850. The van der Waals surface area contributed by atoms with Crippen LogP contribution in [0.25, 0.3) is 0 Å². The number of halogens is 3. The van der Waals surface area contributed by atoms with Crippen molar-refractivity contribution in [1.82, 2.24) is 4.98 Å². The van der Waals surface area contributed by atoms with Crippen molar-refractivity contribution in [3.8, 4) is 0 Å². The molecule has 0 unspecified atom stereocenters. The van der Waals surface area contributed by atoms with Gasteiger partial charge in [0, 0.05) is 3.57 Å². The number of hydrogen-bond acceptors (Lipinski definition) is 2. The molecule has 0 aliphatic carbocycles. The third-order valence-electron chi connectivity index (χ3n) is 1.62. The van der Waals surface area contributed by atoms with Crippen LogP contribution in [0.3, 0.4) is 0 Å². The molecular formula is C8H7F2IN2O. The highest BCUT2D eigenvalue weighted by atomic mass is 127. The number of pyridine rings is 1. The highest BCUT2D eigenvalue weighted by Gasteiger charge is 2.17. The maximum Gasteiger partial charge on any atom is 0.281 e. The zero-order valence-electron chi connectivity index (χ0n) is 7.22. The van der Waals surface area contributed by atoms with Crippen molar-refractivity contribution in [3.05, 3.63) is 26.6 Å². The van der Waals surface area contributed by atoms with Gasteiger partial charge in [-0.05, 0) is 41.1 Å². The van der Waals surface area contributed by atoms with Gasteiger partial charge in [0.1, 0.15) is 11.4 Å². The Morgan fingerprint density at radius 3 is 2.64 bits per heavy atom. The molecule has 76 valence electrons. The zero-order valence-corrected chi connectivity index (χ0v) is 9.38. The number of aryl methyl sites for hydroxylation is 1. The van der Waals surface area contributed by atoms with E-state index >= 15 is 0 Å². The molecule has 0 radical (unpaired) electrons. The minimum absolute atomic E-state index is 0.127. The molecule has 0 atom stereocenters. The molecule has 0 aromatic carbocycles. The Morgan fingerprint density at radius 1 is 1.64 bits per heavy atom. The van der Waals surface area contributed by atoms with Crippen molar-refractivity contribution in [2.24, 2.45) is 5.73 Å². The molecule has 0 bridgehead atoms. The molecule has 1 aromatic heterocycles. The van der Waals surface area contributed by atoms with E-state index < -0.39 is 12.3 Å². The van der Waals surface area contributed by atoms with Crippen LogP contribution in [0.2, 0.25) is 0 Å². The van der Waals surface area contributed by atoms with Gasteiger partial charge in [-0.3, -0.25) is 4.79 Å². The number of alkyl halides is 2. The average molecular weight is 312 g/mol. The summed E-state index contributed by atoms with van der Waals surface area (Å²) in [6.45, 7) is 1.63. The molecule has 3 nitrogen and oxygen atoms in total. The molecule has 1 rings (SSSR count). The topological polar surface area (TPSA) is 56.0 Å². The van der Waals surface area contributed by atoms with Crippen LogP contribution < -0.4 is 5.73 Å². The first kappa shape index (κ1) is 11.3. The Balaban J connectivity index is 3.35. The van der Waals surface area contributed by atoms with Crippen molar-refractivity contribution in [2.45, 2.75) is 13.3 Å². The van der Waals surface area contributed by atoms with Crippen LogP contribution in [0.15, 0.2) is 6.07 Å². The molecule has 0 aliphatic heterocycles. The molecule has 1 aromatic rings. The lowest BCUT2D eigenvalue weighted by Crippen LogP contribution is -2.15. The van der Waals surface area contributed by atoms with Gasteiger partial charge in [0.05, 0.1) is 0 Å². The fraction of sp³-hybridized carbons (Fsp3) is 0.250. The number of carbonyl (C=O) groups excluding carboxylic acids is 1. The second kappa shape index (κ2) is 4.16. The Hall–Kier alpha value is -0.790. The van der Waals surface area contributed by atoms with Crippen molar-refractivity contribution in [2.75, 3.05) is 0 Å². The van der Waals surface area contributed by atoms with E-state index in [0.717, 1.165) is 0 Å². The second-order valence-electron chi connectivity index (χ2n) is 2.69. The summed E-state index contributed by atoms with van der Waals surface area (Å²) < 4.78 is 25.2. The molecule has 0 spiro atoms. The average Bonchev–Trinajstić information content (AvgIpc) is 2.08. The lowest BCUT2D eigenvalue weighted by molar-refractivity contribution is 0.0993. The van der Waals surface area contributed by atoms with Gasteiger partial charge in [-0.25, -0.2) is 13.8 Å². The third kappa shape index (κ3) is 2.17. The first-order valence-corrected chi connectivity index (χ1v) is 4.76. The number of carbonyl (C=O) groups is 1. The summed E-state index contributed by atoms with van der Waals surface area (Å²) in [5, 5.41) is 0. The molecule has 6 heteroatoms. The van der Waals surface area contributed by atoms with Crippen molar-refractivity contribution in [3.63, 3.8) is 0 Å². The molecule has 0 aliphatic rings. The number of rotatable bonds is 2. The summed E-state index contributed by atoms with van der Waals surface area (Å²) in [5.74, 6) is -0.800. The van der Waals surface area contributed by atoms with Gasteiger partial charge >= 0.3 is 0 Å². The summed E-state index contributed by atoms with van der Waals surface area (Å²) in [6.07, 6.45) is -2.69. The van der Waals surface area contributed by atoms with Crippen LogP contribution in [-0.4, -0.2) is 10.9 Å². The Kier molecular flexibility index (Phi) is 3.35. The fourth-order valence-corrected chi connectivity index (χ4v) is 1.46. The Morgan fingerprint density at radius 2 is 2.21 bits per heavy atom. The summed E-state index contributed by atoms with van der Waals surface area (Å²) in [5.41, 5.74) is 5.01. The molecule has 1 heterocycles. The normalized spacial score (nSPS) is 10.6. The van der Waals surface area contributed by atoms with E-state index in [4.69, 9.17) is 5.73 Å². The Bertz CT molecular complexity index is 382. The summed E-state index contributed by atoms with van der Waals surface area (Å²) in [7, 11) is 0. The summed E-state index contributed by atoms with van der Waals surface area (Å²) in [6, 6.07) is 1.40. The maximum atomic E-state index is 12.4. The number of amides is 1. The van der Waals surface area contributed by atoms with Gasteiger partial charge in [0.15, 0.2) is 0 Å². The number of aromatic nitrogens is 1. The van der Waals surface area contributed by atoms with Crippen LogP contribution >= 0.6 is 22.6 Å². The highest BCUT2D eigenvalue weighted by molar-refractivity contribution is 14.1. The van der Waals surface area contributed by atoms with Gasteiger partial charge in [-0.15, -0.1) is 0 Å². The monoisotopic (exact) mass is 312 g/mol. The number of primary amides is 1. The van der Waals surface area contributed by atoms with Crippen molar-refractivity contribution in [1.29, 1.82) is 0 Å². The molecule has 0 saturated heterocycles. The van der Waals surface area contributed by atoms with E-state index in [9.17, 15) is 13.6 Å². The van der Waals surface area contributed by atoms with Crippen LogP contribution in [-0.2, 0) is 0 Å². The fourth-order valence-electron chi connectivity index (χ4n) is 0.952. The predicted molar refractivity (Wildman–Crippen MR) is 55.2 cm³/mol. The van der Waals surface area contributed by atoms with E-state index in [-0.39, 0.29) is 11.4 Å². The largest absolute Gasteiger partial charge is 0.364 e. The molecular weight excluding hydrogens is 305 g/mol. The predicted octanol–water partition coefficient (Wildman–Crippen LogP) is 2.03. The zero-order chi connectivity index (χ0) is 10.9. The van der Waals surface area contributed by atoms with E-state index in [0.29, 0.717) is 9.13 Å². The van der Waals surface area contributed by atoms with Gasteiger partial charge in [-0.1, -0.05) is 0 Å². The van der Waals surface area contributed by atoms with E-state index in [1.54, 1.807) is 29.5 Å². The van der Waals surface area contributed by atoms with Crippen LogP contribution in [0.1, 0.15) is 28.2 Å². The molecule has 1 amide bonds. The van der Waals surface area contributed by atoms with Crippen LogP contribution in [0.5, 0.6) is 0 Å². The molecule has 0 fully saturated rings. The first-order valence-electron chi connectivity index (χ1n) is 3.68. The van der Waals surface area contributed by atoms with Crippen LogP contribution in [0.4, 0.5) is 8.78 Å². The van der Waals surface area contributed by atoms with Gasteiger partial charge in [0.25, 0.3) is 12.3 Å². The molecule has 14 heavy (non-hydrogen) atoms. The van der Waals surface area contributed by atoms with E-state index in [1.807, 2.05) is 0 Å². The number of nitrogens with two attached hydrogens (primary N) is 1. The highest BCUT2D eigenvalue weighted by Crippen LogP contribution is 2.25. The van der Waals surface area contributed by atoms with Crippen molar-refractivity contribution >= 4 is 28.5 Å². The maximum absolute atomic E-state index is 12.4. The number of hydrogen-bond donors (Lipinski definition) is 1. The smallest absolute Gasteiger partial charge is 0.281 e. The van der Waals surface area contributed by atoms with E-state index in [2.05, 4.69) is 4.98 Å². The van der Waals surface area contributed by atoms with Gasteiger partial charge < -0.3 is 5.73 Å². The van der Waals surface area contributed by atoms with Gasteiger partial charge in [-0.2, -0.15) is 0 Å². The number of nitrogens with zero attached hydrogens (tertiary/aromatic N) is 1. The van der Waals surface area contributed by atoms with Gasteiger partial charge in [0.2, 0.25) is 0 Å². The summed E-state index contributed by atoms with van der Waals surface area (Å²) in [4.78, 5) is 14.3. The first-order chi connectivity index (χ1) is 6.43. The lowest BCUT2D eigenvalue weighted by atomic mass is 10.2. The molecule has 2 N–H and O–H groups in total. The standard InChI is InChI=1S/C8H7F2IN2O/c1-3-2-4(8(12)14)13-6(5(3)11)7(9)10/h2,7H,1H3,(H2,12,14). The Labute approximate surface area is 92.8 Å². The van der Waals surface area contributed by atoms with Crippen molar-refractivity contribution < 1.29 is 13.6 Å².